The number of nitrogens with one attached hydrogen (secondary N) is 1. The summed E-state index contributed by atoms with van der Waals surface area (Å²) < 4.78 is 1.86. The number of carbonyl (C=O) groups is 1. The van der Waals surface area contributed by atoms with Crippen LogP contribution >= 0.6 is 11.3 Å². The van der Waals surface area contributed by atoms with Gasteiger partial charge in [-0.2, -0.15) is 10.4 Å². The van der Waals surface area contributed by atoms with Gasteiger partial charge >= 0.3 is 0 Å². The highest BCUT2D eigenvalue weighted by Gasteiger charge is 2.19. The Balaban J connectivity index is 1.47. The van der Waals surface area contributed by atoms with Crippen LogP contribution in [-0.2, 0) is 6.54 Å². The van der Waals surface area contributed by atoms with Gasteiger partial charge in [-0.05, 0) is 43.7 Å². The van der Waals surface area contributed by atoms with Gasteiger partial charge in [-0.1, -0.05) is 30.3 Å². The van der Waals surface area contributed by atoms with Crippen molar-refractivity contribution in [2.75, 3.05) is 5.32 Å². The molecule has 0 spiro atoms. The fraction of sp³-hybridized carbons (Fsp3) is 0.115. The Morgan fingerprint density at radius 2 is 1.94 bits per heavy atom. The third-order valence-electron chi connectivity index (χ3n) is 5.65. The molecule has 0 aliphatic carbocycles. The minimum Gasteiger partial charge on any atom is -0.319 e. The summed E-state index contributed by atoms with van der Waals surface area (Å²) >= 11 is 1.48. The van der Waals surface area contributed by atoms with Crippen LogP contribution in [0.25, 0.3) is 21.6 Å². The number of benzene rings is 2. The first kappa shape index (κ1) is 21.5. The number of carbonyl (C=O) groups excluding carboxylic acids is 1. The van der Waals surface area contributed by atoms with Crippen molar-refractivity contribution in [3.05, 3.63) is 94.3 Å². The molecule has 0 radical (unpaired) electrons. The predicted molar refractivity (Wildman–Crippen MR) is 133 cm³/mol. The average Bonchev–Trinajstić information content (AvgIpc) is 3.49. The molecule has 166 valence electrons. The number of nitriles is 1. The maximum Gasteiger partial charge on any atom is 0.256 e. The maximum absolute atomic E-state index is 13.5. The van der Waals surface area contributed by atoms with E-state index in [2.05, 4.69) is 21.5 Å². The molecule has 0 fully saturated rings. The molecule has 0 atom stereocenters. The molecule has 0 bridgehead atoms. The SMILES string of the molecule is Cc1nn(Cc2ccc(C#N)cc2)c(C)c1NC(=O)c1cc(-c2nccs2)nc2ccccc12. The Hall–Kier alpha value is -4.35. The smallest absolute Gasteiger partial charge is 0.256 e. The molecule has 0 unspecified atom stereocenters. The first-order valence-electron chi connectivity index (χ1n) is 10.7. The minimum atomic E-state index is -0.222. The van der Waals surface area contributed by atoms with E-state index < -0.39 is 0 Å². The number of aryl methyl sites for hydroxylation is 1. The van der Waals surface area contributed by atoms with Crippen LogP contribution in [0.2, 0.25) is 0 Å². The first-order chi connectivity index (χ1) is 16.5. The number of para-hydroxylation sites is 1. The number of thiazole rings is 1. The lowest BCUT2D eigenvalue weighted by Gasteiger charge is -2.10. The molecule has 5 aromatic rings. The van der Waals surface area contributed by atoms with Gasteiger partial charge in [0.1, 0.15) is 10.7 Å². The molecule has 3 heterocycles. The number of nitrogens with zero attached hydrogens (tertiary/aromatic N) is 5. The third-order valence-corrected chi connectivity index (χ3v) is 6.44. The fourth-order valence-corrected chi connectivity index (χ4v) is 4.49. The molecule has 2 aromatic carbocycles. The summed E-state index contributed by atoms with van der Waals surface area (Å²) in [7, 11) is 0. The predicted octanol–water partition coefficient (Wildman–Crippen LogP) is 5.34. The lowest BCUT2D eigenvalue weighted by Crippen LogP contribution is -2.14. The zero-order chi connectivity index (χ0) is 23.7. The molecule has 7 nitrogen and oxygen atoms in total. The lowest BCUT2D eigenvalue weighted by molar-refractivity contribution is 0.102. The van der Waals surface area contributed by atoms with E-state index in [0.29, 0.717) is 29.1 Å². The van der Waals surface area contributed by atoms with Crippen molar-refractivity contribution in [2.24, 2.45) is 0 Å². The molecule has 0 aliphatic heterocycles. The maximum atomic E-state index is 13.5. The number of pyridine rings is 1. The van der Waals surface area contributed by atoms with E-state index in [1.165, 1.54) is 11.3 Å². The average molecular weight is 465 g/mol. The van der Waals surface area contributed by atoms with Crippen molar-refractivity contribution in [1.29, 1.82) is 5.26 Å². The second-order valence-corrected chi connectivity index (χ2v) is 8.77. The van der Waals surface area contributed by atoms with Crippen molar-refractivity contribution < 1.29 is 4.79 Å². The van der Waals surface area contributed by atoms with Gasteiger partial charge in [0.05, 0.1) is 46.3 Å². The van der Waals surface area contributed by atoms with Crippen LogP contribution in [0.4, 0.5) is 5.69 Å². The quantitative estimate of drug-likeness (QED) is 0.378. The summed E-state index contributed by atoms with van der Waals surface area (Å²) in [6.07, 6.45) is 1.73. The molecular weight excluding hydrogens is 444 g/mol. The monoisotopic (exact) mass is 464 g/mol. The molecule has 0 aliphatic rings. The van der Waals surface area contributed by atoms with Crippen LogP contribution in [0.1, 0.15) is 32.9 Å². The summed E-state index contributed by atoms with van der Waals surface area (Å²) in [6, 6.07) is 18.9. The van der Waals surface area contributed by atoms with Crippen LogP contribution in [0.15, 0.2) is 66.2 Å². The second kappa shape index (κ2) is 8.89. The van der Waals surface area contributed by atoms with Crippen molar-refractivity contribution in [2.45, 2.75) is 20.4 Å². The largest absolute Gasteiger partial charge is 0.319 e. The summed E-state index contributed by atoms with van der Waals surface area (Å²) in [6.45, 7) is 4.36. The molecule has 1 amide bonds. The number of anilines is 1. The number of rotatable bonds is 5. The van der Waals surface area contributed by atoms with Gasteiger partial charge in [-0.25, -0.2) is 9.97 Å². The summed E-state index contributed by atoms with van der Waals surface area (Å²) in [5, 5.41) is 20.1. The van der Waals surface area contributed by atoms with Gasteiger partial charge in [0.2, 0.25) is 0 Å². The first-order valence-corrected chi connectivity index (χ1v) is 11.6. The molecule has 1 N–H and O–H groups in total. The van der Waals surface area contributed by atoms with Crippen molar-refractivity contribution in [1.82, 2.24) is 19.7 Å². The van der Waals surface area contributed by atoms with Gasteiger partial charge < -0.3 is 5.32 Å². The summed E-state index contributed by atoms with van der Waals surface area (Å²) in [5.41, 5.74) is 5.87. The summed E-state index contributed by atoms with van der Waals surface area (Å²) in [4.78, 5) is 22.5. The zero-order valence-electron chi connectivity index (χ0n) is 18.6. The van der Waals surface area contributed by atoms with Gasteiger partial charge in [-0.3, -0.25) is 9.48 Å². The van der Waals surface area contributed by atoms with Gasteiger partial charge in [-0.15, -0.1) is 11.3 Å². The molecule has 0 saturated carbocycles. The Kier molecular flexibility index (Phi) is 5.62. The Labute approximate surface area is 200 Å². The molecule has 3 aromatic heterocycles. The molecular formula is C26H20N6OS. The van der Waals surface area contributed by atoms with Crippen LogP contribution in [0, 0.1) is 25.2 Å². The molecule has 8 heteroatoms. The second-order valence-electron chi connectivity index (χ2n) is 7.88. The topological polar surface area (TPSA) is 96.5 Å². The summed E-state index contributed by atoms with van der Waals surface area (Å²) in [5.74, 6) is -0.222. The number of hydrogen-bond donors (Lipinski definition) is 1. The minimum absolute atomic E-state index is 0.222. The van der Waals surface area contributed by atoms with Gasteiger partial charge in [0, 0.05) is 17.0 Å². The number of aromatic nitrogens is 4. The van der Waals surface area contributed by atoms with E-state index in [0.717, 1.165) is 32.9 Å². The Bertz CT molecular complexity index is 1550. The van der Waals surface area contributed by atoms with E-state index >= 15 is 0 Å². The number of hydrogen-bond acceptors (Lipinski definition) is 6. The zero-order valence-corrected chi connectivity index (χ0v) is 19.4. The highest BCUT2D eigenvalue weighted by molar-refractivity contribution is 7.13. The lowest BCUT2D eigenvalue weighted by atomic mass is 10.1. The third kappa shape index (κ3) is 4.05. The Morgan fingerprint density at radius 1 is 1.15 bits per heavy atom. The molecule has 5 rings (SSSR count). The van der Waals surface area contributed by atoms with E-state index in [4.69, 9.17) is 10.2 Å². The van der Waals surface area contributed by atoms with Crippen LogP contribution in [0.5, 0.6) is 0 Å². The normalized spacial score (nSPS) is 10.9. The van der Waals surface area contributed by atoms with Crippen LogP contribution < -0.4 is 5.32 Å². The van der Waals surface area contributed by atoms with Gasteiger partial charge in [0.15, 0.2) is 0 Å². The highest BCUT2D eigenvalue weighted by Crippen LogP contribution is 2.28. The van der Waals surface area contributed by atoms with E-state index in [1.807, 2.05) is 60.3 Å². The van der Waals surface area contributed by atoms with Crippen LogP contribution in [0.3, 0.4) is 0 Å². The van der Waals surface area contributed by atoms with E-state index in [-0.39, 0.29) is 5.91 Å². The van der Waals surface area contributed by atoms with Crippen LogP contribution in [-0.4, -0.2) is 25.7 Å². The van der Waals surface area contributed by atoms with Crippen molar-refractivity contribution >= 4 is 33.8 Å². The Morgan fingerprint density at radius 3 is 2.68 bits per heavy atom. The fourth-order valence-electron chi connectivity index (χ4n) is 3.89. The molecule has 0 saturated heterocycles. The van der Waals surface area contributed by atoms with Crippen molar-refractivity contribution in [3.8, 4) is 16.8 Å². The number of amides is 1. The standard InChI is InChI=1S/C26H20N6OS/c1-16-24(17(2)32(31-16)15-19-9-7-18(14-27)8-10-19)30-25(33)21-13-23(26-28-11-12-34-26)29-22-6-4-3-5-20(21)22/h3-13H,15H2,1-2H3,(H,30,33). The molecule has 34 heavy (non-hydrogen) atoms. The number of fused-ring (bicyclic) bond motifs is 1. The van der Waals surface area contributed by atoms with E-state index in [9.17, 15) is 4.79 Å². The van der Waals surface area contributed by atoms with Gasteiger partial charge in [0.25, 0.3) is 5.91 Å². The van der Waals surface area contributed by atoms with E-state index in [1.54, 1.807) is 24.4 Å². The highest BCUT2D eigenvalue weighted by atomic mass is 32.1. The van der Waals surface area contributed by atoms with Crippen molar-refractivity contribution in [3.63, 3.8) is 0 Å².